The topological polar surface area (TPSA) is 93.8 Å². The first kappa shape index (κ1) is 11.2. The van der Waals surface area contributed by atoms with Gasteiger partial charge in [-0.25, -0.2) is 15.0 Å². The highest BCUT2D eigenvalue weighted by Gasteiger charge is 2.15. The second kappa shape index (κ2) is 4.71. The molecular formula is C9H6ClN5O2. The number of nitro groups is 1. The highest BCUT2D eigenvalue weighted by atomic mass is 35.5. The van der Waals surface area contributed by atoms with Crippen molar-refractivity contribution in [2.24, 2.45) is 0 Å². The van der Waals surface area contributed by atoms with E-state index in [2.05, 4.69) is 20.3 Å². The second-order valence-corrected chi connectivity index (χ2v) is 3.37. The van der Waals surface area contributed by atoms with Crippen LogP contribution in [-0.4, -0.2) is 19.9 Å². The van der Waals surface area contributed by atoms with Crippen LogP contribution in [-0.2, 0) is 0 Å². The maximum absolute atomic E-state index is 10.8. The van der Waals surface area contributed by atoms with Gasteiger partial charge in [-0.05, 0) is 12.1 Å². The van der Waals surface area contributed by atoms with Gasteiger partial charge in [0.2, 0.25) is 5.82 Å². The molecule has 0 fully saturated rings. The van der Waals surface area contributed by atoms with E-state index in [0.717, 1.165) is 0 Å². The smallest absolute Gasteiger partial charge is 0.311 e. The largest absolute Gasteiger partial charge is 0.319 e. The molecule has 2 aromatic heterocycles. The molecule has 0 radical (unpaired) electrons. The average molecular weight is 252 g/mol. The van der Waals surface area contributed by atoms with Crippen molar-refractivity contribution < 1.29 is 4.92 Å². The van der Waals surface area contributed by atoms with Crippen molar-refractivity contribution in [2.75, 3.05) is 5.32 Å². The summed E-state index contributed by atoms with van der Waals surface area (Å²) in [6.07, 6.45) is 2.82. The van der Waals surface area contributed by atoms with Crippen molar-refractivity contribution in [2.45, 2.75) is 0 Å². The van der Waals surface area contributed by atoms with Crippen molar-refractivity contribution >= 4 is 28.9 Å². The van der Waals surface area contributed by atoms with Gasteiger partial charge in [-0.3, -0.25) is 10.1 Å². The fourth-order valence-electron chi connectivity index (χ4n) is 1.15. The number of hydrogen-bond donors (Lipinski definition) is 1. The van der Waals surface area contributed by atoms with E-state index < -0.39 is 4.92 Å². The van der Waals surface area contributed by atoms with Gasteiger partial charge in [0.05, 0.1) is 4.92 Å². The zero-order chi connectivity index (χ0) is 12.3. The molecule has 0 aliphatic rings. The van der Waals surface area contributed by atoms with E-state index in [1.54, 1.807) is 6.07 Å². The lowest BCUT2D eigenvalue weighted by Gasteiger charge is -2.04. The van der Waals surface area contributed by atoms with Gasteiger partial charge >= 0.3 is 5.69 Å². The predicted octanol–water partition coefficient (Wildman–Crippen LogP) is 2.18. The van der Waals surface area contributed by atoms with Crippen molar-refractivity contribution in [3.63, 3.8) is 0 Å². The highest BCUT2D eigenvalue weighted by molar-refractivity contribution is 6.29. The number of nitrogens with one attached hydrogen (secondary N) is 1. The van der Waals surface area contributed by atoms with Crippen molar-refractivity contribution in [1.29, 1.82) is 0 Å². The Bertz CT molecular complexity index is 548. The SMILES string of the molecule is O=[N+]([O-])c1ccc(Cl)nc1Nc1ccncn1. The number of halogens is 1. The first-order valence-electron chi connectivity index (χ1n) is 4.51. The summed E-state index contributed by atoms with van der Waals surface area (Å²) in [6, 6.07) is 4.19. The summed E-state index contributed by atoms with van der Waals surface area (Å²) < 4.78 is 0. The summed E-state index contributed by atoms with van der Waals surface area (Å²) >= 11 is 5.68. The summed E-state index contributed by atoms with van der Waals surface area (Å²) in [5.74, 6) is 0.444. The Morgan fingerprint density at radius 1 is 1.35 bits per heavy atom. The van der Waals surface area contributed by atoms with E-state index in [1.807, 2.05) is 0 Å². The standard InChI is InChI=1S/C9H6ClN5O2/c10-7-2-1-6(15(16)17)9(13-7)14-8-3-4-11-5-12-8/h1-5H,(H,11,12,13,14). The van der Waals surface area contributed by atoms with Gasteiger partial charge in [0.1, 0.15) is 17.3 Å². The van der Waals surface area contributed by atoms with Gasteiger partial charge in [-0.2, -0.15) is 0 Å². The minimum atomic E-state index is -0.549. The summed E-state index contributed by atoms with van der Waals surface area (Å²) in [7, 11) is 0. The molecule has 7 nitrogen and oxygen atoms in total. The molecule has 0 atom stereocenters. The Labute approximate surface area is 101 Å². The lowest BCUT2D eigenvalue weighted by atomic mass is 10.4. The fourth-order valence-corrected chi connectivity index (χ4v) is 1.30. The first-order chi connectivity index (χ1) is 8.16. The van der Waals surface area contributed by atoms with Gasteiger partial charge in [-0.1, -0.05) is 11.6 Å². The maximum Gasteiger partial charge on any atom is 0.311 e. The number of hydrogen-bond acceptors (Lipinski definition) is 6. The highest BCUT2D eigenvalue weighted by Crippen LogP contribution is 2.25. The fraction of sp³-hybridized carbons (Fsp3) is 0. The quantitative estimate of drug-likeness (QED) is 0.510. The van der Waals surface area contributed by atoms with E-state index in [1.165, 1.54) is 24.7 Å². The summed E-state index contributed by atoms with van der Waals surface area (Å²) in [5.41, 5.74) is -0.173. The third-order valence-electron chi connectivity index (χ3n) is 1.87. The summed E-state index contributed by atoms with van der Waals surface area (Å²) in [4.78, 5) is 21.7. The summed E-state index contributed by atoms with van der Waals surface area (Å²) in [6.45, 7) is 0. The maximum atomic E-state index is 10.8. The minimum Gasteiger partial charge on any atom is -0.319 e. The van der Waals surface area contributed by atoms with Crippen LogP contribution in [0.4, 0.5) is 17.3 Å². The number of pyridine rings is 1. The second-order valence-electron chi connectivity index (χ2n) is 2.98. The van der Waals surface area contributed by atoms with E-state index in [0.29, 0.717) is 5.82 Å². The molecule has 17 heavy (non-hydrogen) atoms. The molecule has 0 saturated heterocycles. The third-order valence-corrected chi connectivity index (χ3v) is 2.08. The molecule has 1 N–H and O–H groups in total. The van der Waals surface area contributed by atoms with Crippen molar-refractivity contribution in [3.05, 3.63) is 46.0 Å². The van der Waals surface area contributed by atoms with E-state index in [4.69, 9.17) is 11.6 Å². The van der Waals surface area contributed by atoms with Crippen LogP contribution < -0.4 is 5.32 Å². The molecule has 0 bridgehead atoms. The van der Waals surface area contributed by atoms with Crippen LogP contribution in [0.15, 0.2) is 30.7 Å². The van der Waals surface area contributed by atoms with Gasteiger partial charge < -0.3 is 5.32 Å². The van der Waals surface area contributed by atoms with Crippen LogP contribution in [0.2, 0.25) is 5.15 Å². The van der Waals surface area contributed by atoms with E-state index in [-0.39, 0.29) is 16.7 Å². The average Bonchev–Trinajstić information content (AvgIpc) is 2.30. The van der Waals surface area contributed by atoms with Crippen LogP contribution in [0, 0.1) is 10.1 Å². The molecule has 0 aliphatic heterocycles. The van der Waals surface area contributed by atoms with Crippen LogP contribution in [0.5, 0.6) is 0 Å². The van der Waals surface area contributed by atoms with Crippen LogP contribution in [0.1, 0.15) is 0 Å². The lowest BCUT2D eigenvalue weighted by Crippen LogP contribution is -2.01. The lowest BCUT2D eigenvalue weighted by molar-refractivity contribution is -0.384. The van der Waals surface area contributed by atoms with E-state index >= 15 is 0 Å². The summed E-state index contributed by atoms with van der Waals surface area (Å²) in [5, 5.41) is 13.6. The number of rotatable bonds is 3. The molecule has 0 amide bonds. The molecule has 0 unspecified atom stereocenters. The minimum absolute atomic E-state index is 0.0428. The molecular weight excluding hydrogens is 246 g/mol. The molecule has 0 aliphatic carbocycles. The number of anilines is 2. The molecule has 86 valence electrons. The molecule has 0 spiro atoms. The van der Waals surface area contributed by atoms with Gasteiger partial charge in [0, 0.05) is 12.3 Å². The Kier molecular flexibility index (Phi) is 3.10. The zero-order valence-electron chi connectivity index (χ0n) is 8.37. The van der Waals surface area contributed by atoms with Crippen LogP contribution in [0.3, 0.4) is 0 Å². The zero-order valence-corrected chi connectivity index (χ0v) is 9.13. The molecule has 2 rings (SSSR count). The number of nitrogens with zero attached hydrogens (tertiary/aromatic N) is 4. The molecule has 2 aromatic rings. The first-order valence-corrected chi connectivity index (χ1v) is 4.88. The molecule has 8 heteroatoms. The van der Waals surface area contributed by atoms with Crippen molar-refractivity contribution in [1.82, 2.24) is 15.0 Å². The third kappa shape index (κ3) is 2.64. The molecule has 0 aromatic carbocycles. The molecule has 2 heterocycles. The van der Waals surface area contributed by atoms with Crippen molar-refractivity contribution in [3.8, 4) is 0 Å². The van der Waals surface area contributed by atoms with Gasteiger partial charge in [0.15, 0.2) is 0 Å². The normalized spacial score (nSPS) is 9.94. The monoisotopic (exact) mass is 251 g/mol. The van der Waals surface area contributed by atoms with Gasteiger partial charge in [-0.15, -0.1) is 0 Å². The molecule has 0 saturated carbocycles. The number of aromatic nitrogens is 3. The van der Waals surface area contributed by atoms with Gasteiger partial charge in [0.25, 0.3) is 0 Å². The Hall–Kier alpha value is -2.28. The Balaban J connectivity index is 2.37. The van der Waals surface area contributed by atoms with Crippen LogP contribution in [0.25, 0.3) is 0 Å². The Morgan fingerprint density at radius 3 is 2.82 bits per heavy atom. The predicted molar refractivity (Wildman–Crippen MR) is 61.2 cm³/mol. The van der Waals surface area contributed by atoms with E-state index in [9.17, 15) is 10.1 Å². The Morgan fingerprint density at radius 2 is 2.18 bits per heavy atom. The van der Waals surface area contributed by atoms with Crippen LogP contribution >= 0.6 is 11.6 Å².